The molecule has 2 nitrogen and oxygen atoms in total. The van der Waals surface area contributed by atoms with Gasteiger partial charge >= 0.3 is 0 Å². The van der Waals surface area contributed by atoms with Crippen molar-refractivity contribution in [2.45, 2.75) is 19.3 Å². The molecule has 0 unspecified atom stereocenters. The maximum atomic E-state index is 10.3. The van der Waals surface area contributed by atoms with E-state index in [-0.39, 0.29) is 6.42 Å². The summed E-state index contributed by atoms with van der Waals surface area (Å²) >= 11 is 0. The molecule has 0 atom stereocenters. The van der Waals surface area contributed by atoms with E-state index in [2.05, 4.69) is 12.1 Å². The predicted octanol–water partition coefficient (Wildman–Crippen LogP) is 2.38. The van der Waals surface area contributed by atoms with Crippen LogP contribution in [0.3, 0.4) is 0 Å². The molecule has 1 N–H and O–H groups in total. The monoisotopic (exact) mass is 188 g/mol. The van der Waals surface area contributed by atoms with Crippen molar-refractivity contribution in [2.75, 3.05) is 0 Å². The lowest BCUT2D eigenvalue weighted by molar-refractivity contribution is -0.117. The van der Waals surface area contributed by atoms with E-state index in [1.807, 2.05) is 24.3 Å². The normalized spacial score (nSPS) is 10.6. The van der Waals surface area contributed by atoms with Gasteiger partial charge in [0.15, 0.2) is 0 Å². The zero-order chi connectivity index (χ0) is 10.2. The van der Waals surface area contributed by atoms with Gasteiger partial charge in [0.25, 0.3) is 0 Å². The number of rotatable bonds is 5. The fourth-order valence-corrected chi connectivity index (χ4v) is 1.20. The summed E-state index contributed by atoms with van der Waals surface area (Å²) in [7, 11) is 0. The molecule has 0 bridgehead atoms. The quantitative estimate of drug-likeness (QED) is 0.654. The van der Waals surface area contributed by atoms with Crippen molar-refractivity contribution in [3.63, 3.8) is 0 Å². The molecular weight excluding hydrogens is 174 g/mol. The minimum Gasteiger partial charge on any atom is -0.273 e. The fraction of sp³-hybridized carbons (Fsp3) is 0.250. The van der Waals surface area contributed by atoms with Gasteiger partial charge in [-0.25, -0.2) is 0 Å². The maximum absolute atomic E-state index is 10.3. The number of hydrogen-bond acceptors (Lipinski definition) is 1. The number of carbonyl (C=O) groups excluding carboxylic acids is 1. The van der Waals surface area contributed by atoms with Crippen molar-refractivity contribution in [2.24, 2.45) is 0 Å². The van der Waals surface area contributed by atoms with Crippen LogP contribution in [-0.4, -0.2) is 5.91 Å². The minimum atomic E-state index is -0.527. The highest BCUT2D eigenvalue weighted by molar-refractivity contribution is 5.74. The maximum Gasteiger partial charge on any atom is 0.242 e. The van der Waals surface area contributed by atoms with E-state index in [1.165, 1.54) is 5.56 Å². The first-order chi connectivity index (χ1) is 6.79. The van der Waals surface area contributed by atoms with Crippen LogP contribution in [0.4, 0.5) is 0 Å². The molecule has 1 aromatic rings. The topological polar surface area (TPSA) is 40.9 Å². The van der Waals surface area contributed by atoms with Gasteiger partial charge in [-0.3, -0.25) is 10.5 Å². The van der Waals surface area contributed by atoms with E-state index in [0.29, 0.717) is 0 Å². The van der Waals surface area contributed by atoms with Crippen LogP contribution < -0.4 is 5.73 Å². The molecular formula is C12H14NO. The van der Waals surface area contributed by atoms with E-state index in [1.54, 1.807) is 6.08 Å². The highest BCUT2D eigenvalue weighted by atomic mass is 16.1. The van der Waals surface area contributed by atoms with Gasteiger partial charge in [-0.15, -0.1) is 0 Å². The van der Waals surface area contributed by atoms with Gasteiger partial charge in [0.2, 0.25) is 5.91 Å². The van der Waals surface area contributed by atoms with Gasteiger partial charge in [-0.1, -0.05) is 42.5 Å². The highest BCUT2D eigenvalue weighted by Crippen LogP contribution is 2.02. The Balaban J connectivity index is 2.22. The molecule has 0 saturated carbocycles. The number of amides is 1. The lowest BCUT2D eigenvalue weighted by Gasteiger charge is -1.95. The second-order valence-electron chi connectivity index (χ2n) is 3.12. The smallest absolute Gasteiger partial charge is 0.242 e. The van der Waals surface area contributed by atoms with Crippen LogP contribution in [0, 0.1) is 0 Å². The Morgan fingerprint density at radius 1 is 1.21 bits per heavy atom. The minimum absolute atomic E-state index is 0.231. The third-order valence-corrected chi connectivity index (χ3v) is 1.91. The average molecular weight is 188 g/mol. The molecule has 0 aromatic heterocycles. The van der Waals surface area contributed by atoms with Crippen LogP contribution in [0.25, 0.3) is 0 Å². The molecule has 0 aliphatic rings. The molecule has 1 rings (SSSR count). The Bertz CT molecular complexity index is 303. The van der Waals surface area contributed by atoms with Crippen LogP contribution in [0.2, 0.25) is 0 Å². The molecule has 0 heterocycles. The lowest BCUT2D eigenvalue weighted by Crippen LogP contribution is -1.93. The fourth-order valence-electron chi connectivity index (χ4n) is 1.20. The predicted molar refractivity (Wildman–Crippen MR) is 56.6 cm³/mol. The van der Waals surface area contributed by atoms with Gasteiger partial charge < -0.3 is 0 Å². The van der Waals surface area contributed by atoms with Crippen molar-refractivity contribution >= 4 is 5.91 Å². The van der Waals surface area contributed by atoms with Crippen LogP contribution >= 0.6 is 0 Å². The Morgan fingerprint density at radius 2 is 1.93 bits per heavy atom. The SMILES string of the molecule is [NH]C(=O)CC=CCCc1ccccc1. The molecule has 73 valence electrons. The molecule has 2 heteroatoms. The highest BCUT2D eigenvalue weighted by Gasteiger charge is 1.89. The number of allylic oxidation sites excluding steroid dienone is 1. The summed E-state index contributed by atoms with van der Waals surface area (Å²) in [5.74, 6) is -0.527. The molecule has 0 aliphatic heterocycles. The Hall–Kier alpha value is -1.57. The summed E-state index contributed by atoms with van der Waals surface area (Å²) in [6.45, 7) is 0. The standard InChI is InChI=1S/C12H14NO/c13-12(14)10-6-2-5-9-11-7-3-1-4-8-11/h1-4,6-8,13H,5,9-10H2. The Kier molecular flexibility index (Phi) is 4.48. The van der Waals surface area contributed by atoms with Gasteiger partial charge in [-0.2, -0.15) is 0 Å². The van der Waals surface area contributed by atoms with Crippen LogP contribution in [0.5, 0.6) is 0 Å². The van der Waals surface area contributed by atoms with E-state index in [0.717, 1.165) is 12.8 Å². The molecule has 1 amide bonds. The molecule has 1 radical (unpaired) electrons. The first-order valence-corrected chi connectivity index (χ1v) is 4.72. The molecule has 0 fully saturated rings. The number of aryl methyl sites for hydroxylation is 1. The number of benzene rings is 1. The number of carbonyl (C=O) groups is 1. The third kappa shape index (κ3) is 4.45. The second-order valence-corrected chi connectivity index (χ2v) is 3.12. The average Bonchev–Trinajstić information content (AvgIpc) is 2.18. The van der Waals surface area contributed by atoms with Gasteiger partial charge in [0.05, 0.1) is 0 Å². The zero-order valence-electron chi connectivity index (χ0n) is 8.07. The summed E-state index contributed by atoms with van der Waals surface area (Å²) in [6.07, 6.45) is 5.87. The van der Waals surface area contributed by atoms with Gasteiger partial charge in [-0.05, 0) is 18.4 Å². The number of hydrogen-bond donors (Lipinski definition) is 0. The Morgan fingerprint density at radius 3 is 2.57 bits per heavy atom. The van der Waals surface area contributed by atoms with Crippen molar-refractivity contribution in [3.8, 4) is 0 Å². The Labute approximate surface area is 84.4 Å². The molecule has 0 spiro atoms. The van der Waals surface area contributed by atoms with Crippen molar-refractivity contribution in [1.29, 1.82) is 0 Å². The van der Waals surface area contributed by atoms with Gasteiger partial charge in [0, 0.05) is 6.42 Å². The first kappa shape index (κ1) is 10.5. The summed E-state index contributed by atoms with van der Waals surface area (Å²) in [4.78, 5) is 10.3. The molecule has 0 aliphatic carbocycles. The van der Waals surface area contributed by atoms with Gasteiger partial charge in [0.1, 0.15) is 0 Å². The number of nitrogens with one attached hydrogen (secondary N) is 1. The van der Waals surface area contributed by atoms with Crippen molar-refractivity contribution in [3.05, 3.63) is 48.0 Å². The first-order valence-electron chi connectivity index (χ1n) is 4.72. The third-order valence-electron chi connectivity index (χ3n) is 1.91. The largest absolute Gasteiger partial charge is 0.273 e. The van der Waals surface area contributed by atoms with Crippen LogP contribution in [-0.2, 0) is 11.2 Å². The summed E-state index contributed by atoms with van der Waals surface area (Å²) < 4.78 is 0. The summed E-state index contributed by atoms with van der Waals surface area (Å²) in [6, 6.07) is 10.2. The van der Waals surface area contributed by atoms with E-state index < -0.39 is 5.91 Å². The van der Waals surface area contributed by atoms with E-state index in [4.69, 9.17) is 5.73 Å². The zero-order valence-corrected chi connectivity index (χ0v) is 8.07. The molecule has 14 heavy (non-hydrogen) atoms. The molecule has 0 saturated heterocycles. The van der Waals surface area contributed by atoms with Crippen LogP contribution in [0.1, 0.15) is 18.4 Å². The second kappa shape index (κ2) is 5.97. The summed E-state index contributed by atoms with van der Waals surface area (Å²) in [5, 5.41) is 0. The van der Waals surface area contributed by atoms with Crippen LogP contribution in [0.15, 0.2) is 42.5 Å². The van der Waals surface area contributed by atoms with E-state index in [9.17, 15) is 4.79 Å². The van der Waals surface area contributed by atoms with Crippen molar-refractivity contribution in [1.82, 2.24) is 5.73 Å². The molecule has 1 aromatic carbocycles. The van der Waals surface area contributed by atoms with E-state index >= 15 is 0 Å². The lowest BCUT2D eigenvalue weighted by atomic mass is 10.1. The summed E-state index contributed by atoms with van der Waals surface area (Å²) in [5.41, 5.74) is 7.99. The van der Waals surface area contributed by atoms with Crippen molar-refractivity contribution < 1.29 is 4.79 Å².